The van der Waals surface area contributed by atoms with E-state index < -0.39 is 0 Å². The van der Waals surface area contributed by atoms with Crippen LogP contribution in [0.2, 0.25) is 0 Å². The van der Waals surface area contributed by atoms with E-state index in [1.165, 1.54) is 16.6 Å². The van der Waals surface area contributed by atoms with Crippen LogP contribution in [-0.2, 0) is 12.0 Å². The third kappa shape index (κ3) is 2.67. The van der Waals surface area contributed by atoms with Crippen LogP contribution in [0.3, 0.4) is 0 Å². The van der Waals surface area contributed by atoms with Crippen molar-refractivity contribution in [3.05, 3.63) is 59.5 Å². The quantitative estimate of drug-likeness (QED) is 0.722. The molecule has 0 bridgehead atoms. The number of likely N-dealkylation sites (tertiary alicyclic amines) is 1. The first kappa shape index (κ1) is 17.3. The predicted octanol–water partition coefficient (Wildman–Crippen LogP) is 2.85. The Morgan fingerprint density at radius 1 is 1.25 bits per heavy atom. The highest BCUT2D eigenvalue weighted by molar-refractivity contribution is 5.94. The van der Waals surface area contributed by atoms with Gasteiger partial charge in [0.15, 0.2) is 0 Å². The maximum atomic E-state index is 12.8. The van der Waals surface area contributed by atoms with Crippen LogP contribution in [0, 0.1) is 0 Å². The highest BCUT2D eigenvalue weighted by atomic mass is 16.5. The molecular weight excluding hydrogens is 352 g/mol. The van der Waals surface area contributed by atoms with Crippen molar-refractivity contribution in [2.45, 2.75) is 24.8 Å². The number of hydrogen-bond donors (Lipinski definition) is 2. The Labute approximate surface area is 163 Å². The molecular formula is C22H24N4O2. The number of nitrogens with one attached hydrogen (secondary N) is 2. The van der Waals surface area contributed by atoms with Gasteiger partial charge in [-0.25, -0.2) is 0 Å². The summed E-state index contributed by atoms with van der Waals surface area (Å²) in [7, 11) is 1.71. The van der Waals surface area contributed by atoms with Crippen LogP contribution in [0.4, 0.5) is 0 Å². The zero-order valence-corrected chi connectivity index (χ0v) is 16.0. The molecule has 6 heteroatoms. The number of benzene rings is 1. The van der Waals surface area contributed by atoms with Crippen molar-refractivity contribution in [2.24, 2.45) is 0 Å². The largest absolute Gasteiger partial charge is 0.497 e. The molecule has 0 aliphatic carbocycles. The number of pyridine rings is 1. The molecule has 0 radical (unpaired) electrons. The molecule has 0 atom stereocenters. The fraction of sp³-hybridized carbons (Fsp3) is 0.364. The van der Waals surface area contributed by atoms with Crippen molar-refractivity contribution in [1.29, 1.82) is 0 Å². The summed E-state index contributed by atoms with van der Waals surface area (Å²) in [6, 6.07) is 9.87. The summed E-state index contributed by atoms with van der Waals surface area (Å²) in [6.07, 6.45) is 6.14. The molecule has 144 valence electrons. The first-order chi connectivity index (χ1) is 13.7. The molecule has 4 heterocycles. The zero-order valence-electron chi connectivity index (χ0n) is 16.0. The van der Waals surface area contributed by atoms with E-state index in [2.05, 4.69) is 27.4 Å². The Morgan fingerprint density at radius 3 is 2.86 bits per heavy atom. The average molecular weight is 376 g/mol. The van der Waals surface area contributed by atoms with Gasteiger partial charge in [-0.1, -0.05) is 0 Å². The molecule has 2 aliphatic rings. The van der Waals surface area contributed by atoms with E-state index in [-0.39, 0.29) is 11.4 Å². The van der Waals surface area contributed by atoms with Gasteiger partial charge in [0.1, 0.15) is 5.75 Å². The molecule has 2 aliphatic heterocycles. The van der Waals surface area contributed by atoms with Gasteiger partial charge in [0.05, 0.1) is 18.2 Å². The van der Waals surface area contributed by atoms with Crippen molar-refractivity contribution in [3.63, 3.8) is 0 Å². The number of aromatic amines is 1. The lowest BCUT2D eigenvalue weighted by molar-refractivity contribution is 0.0626. The number of carbonyl (C=O) groups excluding carboxylic acids is 1. The highest BCUT2D eigenvalue weighted by Crippen LogP contribution is 2.41. The topological polar surface area (TPSA) is 70.2 Å². The first-order valence-corrected chi connectivity index (χ1v) is 9.84. The Bertz CT molecular complexity index is 1020. The molecule has 2 aromatic heterocycles. The Morgan fingerprint density at radius 2 is 2.11 bits per heavy atom. The second-order valence-corrected chi connectivity index (χ2v) is 7.68. The summed E-state index contributed by atoms with van der Waals surface area (Å²) in [6.45, 7) is 2.42. The van der Waals surface area contributed by atoms with Gasteiger partial charge in [-0.05, 0) is 55.2 Å². The van der Waals surface area contributed by atoms with Gasteiger partial charge >= 0.3 is 0 Å². The lowest BCUT2D eigenvalue weighted by Crippen LogP contribution is -2.55. The minimum atomic E-state index is -0.0917. The first-order valence-electron chi connectivity index (χ1n) is 9.84. The van der Waals surface area contributed by atoms with Crippen molar-refractivity contribution in [3.8, 4) is 5.75 Å². The number of hydrogen-bond acceptors (Lipinski definition) is 4. The summed E-state index contributed by atoms with van der Waals surface area (Å²) >= 11 is 0. The second-order valence-electron chi connectivity index (χ2n) is 7.68. The molecule has 3 aromatic rings. The number of piperidine rings is 1. The molecule has 2 N–H and O–H groups in total. The molecule has 5 rings (SSSR count). The zero-order chi connectivity index (χ0) is 19.1. The number of rotatable bonds is 2. The van der Waals surface area contributed by atoms with E-state index in [4.69, 9.17) is 4.74 Å². The molecule has 1 amide bonds. The summed E-state index contributed by atoms with van der Waals surface area (Å²) in [5, 5.41) is 5.02. The molecule has 28 heavy (non-hydrogen) atoms. The number of fused-ring (bicyclic) bond motifs is 4. The number of ether oxygens (including phenoxy) is 1. The minimum Gasteiger partial charge on any atom is -0.497 e. The van der Waals surface area contributed by atoms with Crippen molar-refractivity contribution in [1.82, 2.24) is 20.2 Å². The van der Waals surface area contributed by atoms with E-state index >= 15 is 0 Å². The number of aromatic nitrogens is 2. The maximum absolute atomic E-state index is 12.8. The lowest BCUT2D eigenvalue weighted by atomic mass is 9.79. The van der Waals surface area contributed by atoms with Crippen molar-refractivity contribution in [2.75, 3.05) is 26.7 Å². The van der Waals surface area contributed by atoms with Gasteiger partial charge in [-0.3, -0.25) is 9.78 Å². The van der Waals surface area contributed by atoms with Crippen LogP contribution in [0.25, 0.3) is 10.9 Å². The normalized spacial score (nSPS) is 18.2. The summed E-state index contributed by atoms with van der Waals surface area (Å²) in [4.78, 5) is 22.5. The van der Waals surface area contributed by atoms with E-state index in [1.807, 2.05) is 23.1 Å². The van der Waals surface area contributed by atoms with Crippen LogP contribution < -0.4 is 10.1 Å². The Kier molecular flexibility index (Phi) is 4.09. The van der Waals surface area contributed by atoms with Gasteiger partial charge in [0.25, 0.3) is 5.91 Å². The predicted molar refractivity (Wildman–Crippen MR) is 108 cm³/mol. The van der Waals surface area contributed by atoms with E-state index in [1.54, 1.807) is 19.5 Å². The van der Waals surface area contributed by atoms with E-state index in [9.17, 15) is 4.79 Å². The smallest absolute Gasteiger partial charge is 0.255 e. The number of carbonyl (C=O) groups is 1. The standard InChI is InChI=1S/C22H24N4O2/c1-28-16-4-5-19-18(13-16)17-6-10-24-22(20(17)25-19)7-11-26(12-8-22)21(27)15-3-2-9-23-14-15/h2-5,9,13-14,24-25H,6-8,10-12H2,1H3. The van der Waals surface area contributed by atoms with Crippen molar-refractivity contribution >= 4 is 16.8 Å². The molecule has 1 saturated heterocycles. The monoisotopic (exact) mass is 376 g/mol. The average Bonchev–Trinajstić information content (AvgIpc) is 3.14. The molecule has 0 saturated carbocycles. The molecule has 1 spiro atoms. The second kappa shape index (κ2) is 6.63. The van der Waals surface area contributed by atoms with Gasteiger partial charge in [0, 0.05) is 48.6 Å². The summed E-state index contributed by atoms with van der Waals surface area (Å²) in [5.41, 5.74) is 4.40. The fourth-order valence-corrected chi connectivity index (χ4v) is 4.73. The Balaban J connectivity index is 1.43. The highest BCUT2D eigenvalue weighted by Gasteiger charge is 2.42. The third-order valence-corrected chi connectivity index (χ3v) is 6.24. The Hall–Kier alpha value is -2.86. The van der Waals surface area contributed by atoms with Crippen LogP contribution in [0.5, 0.6) is 5.75 Å². The molecule has 1 aromatic carbocycles. The third-order valence-electron chi connectivity index (χ3n) is 6.24. The maximum Gasteiger partial charge on any atom is 0.255 e. The molecule has 0 unspecified atom stereocenters. The molecule has 1 fully saturated rings. The SMILES string of the molecule is COc1ccc2[nH]c3c(c2c1)CCNC31CCN(C(=O)c2cccnc2)CC1. The number of H-pyrrole nitrogens is 1. The van der Waals surface area contributed by atoms with Gasteiger partial charge in [0.2, 0.25) is 0 Å². The van der Waals surface area contributed by atoms with Crippen LogP contribution >= 0.6 is 0 Å². The van der Waals surface area contributed by atoms with Gasteiger partial charge in [-0.2, -0.15) is 0 Å². The van der Waals surface area contributed by atoms with Crippen LogP contribution in [0.15, 0.2) is 42.7 Å². The number of amides is 1. The van der Waals surface area contributed by atoms with E-state index in [0.29, 0.717) is 5.56 Å². The fourth-order valence-electron chi connectivity index (χ4n) is 4.73. The van der Waals surface area contributed by atoms with Gasteiger partial charge in [-0.15, -0.1) is 0 Å². The van der Waals surface area contributed by atoms with Crippen LogP contribution in [0.1, 0.15) is 34.5 Å². The van der Waals surface area contributed by atoms with Gasteiger partial charge < -0.3 is 19.9 Å². The summed E-state index contributed by atoms with van der Waals surface area (Å²) < 4.78 is 5.42. The summed E-state index contributed by atoms with van der Waals surface area (Å²) in [5.74, 6) is 0.958. The number of methoxy groups -OCH3 is 1. The minimum absolute atomic E-state index is 0.0698. The number of nitrogens with zero attached hydrogens (tertiary/aromatic N) is 2. The molecule has 6 nitrogen and oxygen atoms in total. The van der Waals surface area contributed by atoms with Crippen LogP contribution in [-0.4, -0.2) is 47.5 Å². The lowest BCUT2D eigenvalue weighted by Gasteiger charge is -2.44. The van der Waals surface area contributed by atoms with E-state index in [0.717, 1.165) is 50.2 Å². The van der Waals surface area contributed by atoms with Crippen molar-refractivity contribution < 1.29 is 9.53 Å².